The number of carbonyl (C=O) groups is 9. The molecule has 0 saturated carbocycles. The van der Waals surface area contributed by atoms with Crippen molar-refractivity contribution in [2.24, 2.45) is 28.7 Å². The fourth-order valence-corrected chi connectivity index (χ4v) is 13.9. The van der Waals surface area contributed by atoms with Crippen LogP contribution in [0.4, 0.5) is 5.82 Å². The molecule has 0 aliphatic carbocycles. The second-order valence-corrected chi connectivity index (χ2v) is 27.7. The number of imidazole rings is 1. The quantitative estimate of drug-likeness (QED) is 0.0228. The number of fused-ring (bicyclic) bond motifs is 4. The lowest BCUT2D eigenvalue weighted by atomic mass is 9.93. The zero-order chi connectivity index (χ0) is 75.9. The number of pyridine rings is 4. The van der Waals surface area contributed by atoms with Crippen molar-refractivity contribution in [2.75, 3.05) is 70.8 Å². The van der Waals surface area contributed by atoms with Crippen LogP contribution in [0.5, 0.6) is 0 Å². The van der Waals surface area contributed by atoms with Crippen molar-refractivity contribution >= 4 is 109 Å². The van der Waals surface area contributed by atoms with Gasteiger partial charge in [0.05, 0.1) is 77.4 Å². The van der Waals surface area contributed by atoms with E-state index in [1.807, 2.05) is 150 Å². The highest BCUT2D eigenvalue weighted by Gasteiger charge is 2.34. The van der Waals surface area contributed by atoms with Gasteiger partial charge >= 0.3 is 17.9 Å². The monoisotopic (exact) mass is 1470 g/mol. The van der Waals surface area contributed by atoms with Crippen LogP contribution in [0.3, 0.4) is 0 Å². The number of aryl methyl sites for hydroxylation is 1. The van der Waals surface area contributed by atoms with Gasteiger partial charge < -0.3 is 66.9 Å². The molecule has 0 spiro atoms. The molecule has 0 radical (unpaired) electrons. The van der Waals surface area contributed by atoms with Gasteiger partial charge in [0.25, 0.3) is 0 Å². The summed E-state index contributed by atoms with van der Waals surface area (Å²) < 4.78 is 0. The van der Waals surface area contributed by atoms with Crippen molar-refractivity contribution in [2.45, 2.75) is 109 Å². The molecule has 9 aromatic rings. The van der Waals surface area contributed by atoms with Crippen LogP contribution in [0.25, 0.3) is 43.7 Å². The van der Waals surface area contributed by atoms with Crippen molar-refractivity contribution in [1.82, 2.24) is 71.2 Å². The van der Waals surface area contributed by atoms with E-state index in [0.717, 1.165) is 74.4 Å². The summed E-state index contributed by atoms with van der Waals surface area (Å²) in [5.74, 6) is -2.04. The Balaban J connectivity index is 0.000000161. The first kappa shape index (κ1) is 77.1. The van der Waals surface area contributed by atoms with E-state index in [1.165, 1.54) is 0 Å². The molecule has 4 atom stereocenters. The number of rotatable bonds is 26. The van der Waals surface area contributed by atoms with E-state index in [2.05, 4.69) is 66.8 Å². The number of carboxylic acid groups (broad SMARTS) is 3. The fraction of sp³-hybridized carbons (Fsp3) is 0.388. The molecule has 28 nitrogen and oxygen atoms in total. The predicted octanol–water partition coefficient (Wildman–Crippen LogP) is 8.30. The average molecular weight is 1470 g/mol. The number of para-hydroxylation sites is 5. The zero-order valence-corrected chi connectivity index (χ0v) is 60.4. The zero-order valence-electron chi connectivity index (χ0n) is 60.4. The third-order valence-electron chi connectivity index (χ3n) is 20.0. The first-order chi connectivity index (χ1) is 52.4. The molecule has 2 unspecified atom stereocenters. The molecule has 9 heterocycles. The summed E-state index contributed by atoms with van der Waals surface area (Å²) in [5.41, 5.74) is 6.26. The molecule has 564 valence electrons. The summed E-state index contributed by atoms with van der Waals surface area (Å²) in [6, 6.07) is 39.8. The molecule has 13 rings (SSSR count). The number of aromatic amines is 1. The van der Waals surface area contributed by atoms with Crippen LogP contribution in [0.15, 0.2) is 163 Å². The molecule has 0 bridgehead atoms. The van der Waals surface area contributed by atoms with Crippen molar-refractivity contribution in [3.8, 4) is 0 Å². The highest BCUT2D eigenvalue weighted by Crippen LogP contribution is 2.29. The van der Waals surface area contributed by atoms with Gasteiger partial charge in [0.1, 0.15) is 11.6 Å². The highest BCUT2D eigenvalue weighted by atomic mass is 16.4. The van der Waals surface area contributed by atoms with Crippen LogP contribution in [-0.4, -0.2) is 185 Å². The number of hydrogen-bond donors (Lipinski definition) is 10. The van der Waals surface area contributed by atoms with Crippen molar-refractivity contribution in [1.29, 1.82) is 0 Å². The number of piperidine rings is 3. The number of aliphatic imine (C=N–C) groups is 1. The third kappa shape index (κ3) is 21.8. The van der Waals surface area contributed by atoms with Gasteiger partial charge in [0, 0.05) is 137 Å². The van der Waals surface area contributed by atoms with Crippen LogP contribution in [-0.2, 0) is 49.6 Å². The van der Waals surface area contributed by atoms with Gasteiger partial charge in [0.2, 0.25) is 35.4 Å². The molecule has 10 N–H and O–H groups in total. The van der Waals surface area contributed by atoms with Crippen LogP contribution in [0, 0.1) is 23.7 Å². The Morgan fingerprint density at radius 1 is 0.500 bits per heavy atom. The molecular weight excluding hydrogens is 1380 g/mol. The van der Waals surface area contributed by atoms with E-state index in [1.54, 1.807) is 29.7 Å². The lowest BCUT2D eigenvalue weighted by Gasteiger charge is -2.33. The van der Waals surface area contributed by atoms with E-state index in [-0.39, 0.29) is 78.4 Å². The minimum Gasteiger partial charge on any atom is -0.481 e. The highest BCUT2D eigenvalue weighted by molar-refractivity contribution is 5.87. The van der Waals surface area contributed by atoms with E-state index >= 15 is 0 Å². The molecule has 4 aromatic carbocycles. The molecule has 5 aromatic heterocycles. The molecule has 4 aliphatic heterocycles. The minimum absolute atomic E-state index is 0.0466. The first-order valence-electron chi connectivity index (χ1n) is 36.9. The third-order valence-corrected chi connectivity index (χ3v) is 20.0. The Labute approximate surface area is 624 Å². The SMILES string of the molecule is CC(CNC1=NCCN1)C(=O)N1CCC(C(=O)N[C@@H](CC(=O)O)c2cnc3ccccc3c2)CC1.O=C(O)CC(NC(=O)C1CCN(C(=O)CCc2nc3ccccc3[nH]2)CC1)c1cnc2ccccc2c1.O=C(O)C[C@H](NC(=O)C1CCN(C(=O)CCCNc2ccccn2)CC1)c1cnc2ccccc2c1. The van der Waals surface area contributed by atoms with Gasteiger partial charge in [-0.05, 0) is 122 Å². The summed E-state index contributed by atoms with van der Waals surface area (Å²) in [6.07, 6.45) is 11.2. The summed E-state index contributed by atoms with van der Waals surface area (Å²) in [5, 5.41) is 49.2. The van der Waals surface area contributed by atoms with Crippen molar-refractivity contribution < 1.29 is 58.5 Å². The Kier molecular flexibility index (Phi) is 27.0. The molecule has 6 amide bonds. The maximum atomic E-state index is 13.1. The number of hydrogen-bond acceptors (Lipinski definition) is 18. The van der Waals surface area contributed by atoms with Gasteiger partial charge in [0.15, 0.2) is 5.96 Å². The van der Waals surface area contributed by atoms with Crippen LogP contribution < -0.4 is 31.9 Å². The van der Waals surface area contributed by atoms with Crippen molar-refractivity contribution in [3.63, 3.8) is 0 Å². The second kappa shape index (κ2) is 37.8. The normalized spacial score (nSPS) is 15.9. The van der Waals surface area contributed by atoms with E-state index in [0.29, 0.717) is 133 Å². The van der Waals surface area contributed by atoms with Crippen LogP contribution in [0.1, 0.15) is 125 Å². The Morgan fingerprint density at radius 3 is 1.35 bits per heavy atom. The maximum Gasteiger partial charge on any atom is 0.305 e. The number of nitrogens with one attached hydrogen (secondary N) is 7. The number of nitrogens with zero attached hydrogens (tertiary/aromatic N) is 9. The molecule has 28 heteroatoms. The molecule has 108 heavy (non-hydrogen) atoms. The number of amides is 6. The number of guanidine groups is 1. The number of likely N-dealkylation sites (tertiary alicyclic amines) is 3. The molecule has 4 aliphatic rings. The predicted molar refractivity (Wildman–Crippen MR) is 406 cm³/mol. The van der Waals surface area contributed by atoms with Gasteiger partial charge in [-0.25, -0.2) is 9.97 Å². The van der Waals surface area contributed by atoms with Gasteiger partial charge in [-0.1, -0.05) is 79.7 Å². The largest absolute Gasteiger partial charge is 0.481 e. The summed E-state index contributed by atoms with van der Waals surface area (Å²) >= 11 is 0. The minimum atomic E-state index is -0.997. The maximum absolute atomic E-state index is 13.1. The van der Waals surface area contributed by atoms with Crippen LogP contribution in [0.2, 0.25) is 0 Å². The Morgan fingerprint density at radius 2 is 0.926 bits per heavy atom. The number of carboxylic acids is 3. The fourth-order valence-electron chi connectivity index (χ4n) is 13.9. The summed E-state index contributed by atoms with van der Waals surface area (Å²) in [4.78, 5) is 147. The molecule has 3 fully saturated rings. The van der Waals surface area contributed by atoms with E-state index < -0.39 is 36.0 Å². The molecule has 3 saturated heterocycles. The van der Waals surface area contributed by atoms with E-state index in [9.17, 15) is 58.5 Å². The van der Waals surface area contributed by atoms with Gasteiger partial charge in [-0.15, -0.1) is 0 Å². The number of anilines is 1. The standard InChI is InChI=1S/C28H29N5O4.C27H31N5O4.C25H32N6O4/c34-26(10-9-25-30-22-7-3-4-8-23(22)31-25)33-13-11-18(12-14-33)28(37)32-24(16-27(35)36)20-15-19-5-1-2-6-21(19)29-17-20;33-25(9-5-13-29-24-8-3-4-12-28-24)32-14-10-19(11-15-32)27(36)31-23(17-26(34)35)21-16-20-6-1-2-7-22(20)30-18-21;1-16(14-29-25-26-8-9-27-25)24(35)31-10-6-17(7-11-31)23(34)30-21(13-22(32)33)19-12-18-4-2-3-5-20(18)28-15-19/h1-8,15,17-18,24H,9-14,16H2,(H,30,31)(H,32,37)(H,35,36);1-4,6-8,12,16,18-19,23H,5,9-11,13-15,17H2,(H,28,29)(H,31,36)(H,34,35);2-5,12,15-17,21H,6-11,13-14H2,1H3,(H,30,34)(H,32,33)(H2,26,27,29)/t;23-;16?,21-/m.00/s1. The number of carbonyl (C=O) groups excluding carboxylic acids is 6. The molecular formula is C80H92N16O12. The first-order valence-corrected chi connectivity index (χ1v) is 36.9. The lowest BCUT2D eigenvalue weighted by Crippen LogP contribution is -2.47. The summed E-state index contributed by atoms with van der Waals surface area (Å²) in [7, 11) is 0. The van der Waals surface area contributed by atoms with Crippen molar-refractivity contribution in [3.05, 3.63) is 181 Å². The number of aliphatic carboxylic acids is 3. The average Bonchev–Trinajstić information content (AvgIpc) is 1.33. The number of benzene rings is 4. The lowest BCUT2D eigenvalue weighted by molar-refractivity contribution is -0.140. The van der Waals surface area contributed by atoms with Gasteiger partial charge in [-0.2, -0.15) is 0 Å². The van der Waals surface area contributed by atoms with Crippen LogP contribution >= 0.6 is 0 Å². The Hall–Kier alpha value is -12.0. The number of H-pyrrole nitrogens is 1. The van der Waals surface area contributed by atoms with Gasteiger partial charge in [-0.3, -0.25) is 63.1 Å². The second-order valence-electron chi connectivity index (χ2n) is 27.7. The van der Waals surface area contributed by atoms with E-state index in [4.69, 9.17) is 0 Å². The summed E-state index contributed by atoms with van der Waals surface area (Å²) in [6.45, 7) is 7.64. The number of aromatic nitrogens is 6. The Bertz CT molecular complexity index is 4640. The topological polar surface area (TPSA) is 389 Å². The smallest absolute Gasteiger partial charge is 0.305 e.